The van der Waals surface area contributed by atoms with Gasteiger partial charge in [-0.3, -0.25) is 0 Å². The van der Waals surface area contributed by atoms with Gasteiger partial charge in [-0.15, -0.1) is 0 Å². The van der Waals surface area contributed by atoms with Crippen LogP contribution in [-0.4, -0.2) is 33.6 Å². The normalized spacial score (nSPS) is 13.5. The van der Waals surface area contributed by atoms with Crippen LogP contribution in [0.25, 0.3) is 0 Å². The molecule has 5 heteroatoms. The van der Waals surface area contributed by atoms with Crippen LogP contribution in [0.2, 0.25) is 0 Å². The number of hydrogen-bond donors (Lipinski definition) is 1. The molecule has 0 spiro atoms. The number of hydrogen-bond acceptors (Lipinski definition) is 4. The van der Waals surface area contributed by atoms with Gasteiger partial charge in [0.25, 0.3) is 0 Å². The number of benzene rings is 1. The van der Waals surface area contributed by atoms with Crippen molar-refractivity contribution in [3.05, 3.63) is 34.9 Å². The van der Waals surface area contributed by atoms with Gasteiger partial charge in [0.2, 0.25) is 0 Å². The molecule has 1 aromatic rings. The van der Waals surface area contributed by atoms with Crippen LogP contribution >= 0.6 is 0 Å². The molecule has 4 nitrogen and oxygen atoms in total. The summed E-state index contributed by atoms with van der Waals surface area (Å²) in [5.74, 6) is 0.110. The highest BCUT2D eigenvalue weighted by atomic mass is 32.2. The molecule has 0 fully saturated rings. The van der Waals surface area contributed by atoms with Crippen molar-refractivity contribution in [1.29, 1.82) is 0 Å². The van der Waals surface area contributed by atoms with Gasteiger partial charge in [-0.1, -0.05) is 29.3 Å². The van der Waals surface area contributed by atoms with Crippen LogP contribution in [0.1, 0.15) is 29.2 Å². The lowest BCUT2D eigenvalue weighted by atomic mass is 10.0. The molecule has 1 rings (SSSR count). The van der Waals surface area contributed by atoms with Crippen molar-refractivity contribution in [3.8, 4) is 0 Å². The van der Waals surface area contributed by atoms with Crippen molar-refractivity contribution in [1.82, 2.24) is 0 Å². The molecule has 19 heavy (non-hydrogen) atoms. The van der Waals surface area contributed by atoms with Gasteiger partial charge in [-0.25, -0.2) is 8.42 Å². The van der Waals surface area contributed by atoms with Crippen molar-refractivity contribution >= 4 is 9.84 Å². The van der Waals surface area contributed by atoms with Gasteiger partial charge in [0.05, 0.1) is 11.5 Å². The molecule has 1 unspecified atom stereocenters. The first-order valence-electron chi connectivity index (χ1n) is 6.37. The van der Waals surface area contributed by atoms with Gasteiger partial charge in [-0.2, -0.15) is 0 Å². The Kier molecular flexibility index (Phi) is 5.97. The summed E-state index contributed by atoms with van der Waals surface area (Å²) in [5.41, 5.74) is 9.09. The van der Waals surface area contributed by atoms with Crippen LogP contribution in [0.15, 0.2) is 18.2 Å². The minimum Gasteiger partial charge on any atom is -0.385 e. The van der Waals surface area contributed by atoms with E-state index in [1.165, 1.54) is 0 Å². The topological polar surface area (TPSA) is 69.4 Å². The van der Waals surface area contributed by atoms with Crippen LogP contribution < -0.4 is 5.73 Å². The number of ether oxygens (including phenoxy) is 1. The first kappa shape index (κ1) is 16.1. The smallest absolute Gasteiger partial charge is 0.152 e. The summed E-state index contributed by atoms with van der Waals surface area (Å²) in [4.78, 5) is 0. The van der Waals surface area contributed by atoms with Gasteiger partial charge < -0.3 is 10.5 Å². The summed E-state index contributed by atoms with van der Waals surface area (Å²) in [5, 5.41) is 0. The number of nitrogens with two attached hydrogens (primary N) is 1. The Bertz CT molecular complexity index is 491. The summed E-state index contributed by atoms with van der Waals surface area (Å²) in [6, 6.07) is 5.47. The van der Waals surface area contributed by atoms with Crippen molar-refractivity contribution in [3.63, 3.8) is 0 Å². The highest BCUT2D eigenvalue weighted by molar-refractivity contribution is 7.91. The summed E-state index contributed by atoms with van der Waals surface area (Å²) in [7, 11) is -1.57. The maximum absolute atomic E-state index is 11.9. The number of methoxy groups -OCH3 is 1. The summed E-state index contributed by atoms with van der Waals surface area (Å²) >= 11 is 0. The maximum atomic E-state index is 11.9. The van der Waals surface area contributed by atoms with E-state index < -0.39 is 15.9 Å². The third kappa shape index (κ3) is 5.72. The van der Waals surface area contributed by atoms with E-state index in [-0.39, 0.29) is 11.5 Å². The largest absolute Gasteiger partial charge is 0.385 e. The zero-order valence-electron chi connectivity index (χ0n) is 11.8. The van der Waals surface area contributed by atoms with Gasteiger partial charge in [0, 0.05) is 19.8 Å². The number of aryl methyl sites for hydroxylation is 2. The van der Waals surface area contributed by atoms with E-state index in [2.05, 4.69) is 0 Å². The Morgan fingerprint density at radius 1 is 1.21 bits per heavy atom. The van der Waals surface area contributed by atoms with E-state index in [1.807, 2.05) is 32.0 Å². The molecule has 0 aliphatic heterocycles. The molecule has 0 aromatic heterocycles. The molecule has 1 atom stereocenters. The minimum absolute atomic E-state index is 0.0143. The molecule has 2 N–H and O–H groups in total. The zero-order valence-corrected chi connectivity index (χ0v) is 12.7. The highest BCUT2D eigenvalue weighted by Gasteiger charge is 2.17. The van der Waals surface area contributed by atoms with Crippen LogP contribution in [0.3, 0.4) is 0 Å². The molecule has 0 bridgehead atoms. The van der Waals surface area contributed by atoms with E-state index in [0.717, 1.165) is 16.7 Å². The quantitative estimate of drug-likeness (QED) is 0.775. The van der Waals surface area contributed by atoms with Crippen molar-refractivity contribution < 1.29 is 13.2 Å². The van der Waals surface area contributed by atoms with Crippen LogP contribution in [0.4, 0.5) is 0 Å². The summed E-state index contributed by atoms with van der Waals surface area (Å²) < 4.78 is 28.7. The molecule has 1 aromatic carbocycles. The van der Waals surface area contributed by atoms with Gasteiger partial charge in [0.1, 0.15) is 0 Å². The Balaban J connectivity index is 2.70. The SMILES string of the molecule is COCCCS(=O)(=O)CC(N)c1cc(C)cc(C)c1. The average molecular weight is 285 g/mol. The second kappa shape index (κ2) is 7.03. The lowest BCUT2D eigenvalue weighted by Crippen LogP contribution is -2.24. The number of rotatable bonds is 7. The lowest BCUT2D eigenvalue weighted by Gasteiger charge is -2.14. The van der Waals surface area contributed by atoms with Crippen LogP contribution in [0, 0.1) is 13.8 Å². The van der Waals surface area contributed by atoms with Crippen molar-refractivity contribution in [2.24, 2.45) is 5.73 Å². The molecular weight excluding hydrogens is 262 g/mol. The lowest BCUT2D eigenvalue weighted by molar-refractivity contribution is 0.199. The molecule has 0 radical (unpaired) electrons. The van der Waals surface area contributed by atoms with Crippen LogP contribution in [-0.2, 0) is 14.6 Å². The van der Waals surface area contributed by atoms with E-state index >= 15 is 0 Å². The van der Waals surface area contributed by atoms with Crippen LogP contribution in [0.5, 0.6) is 0 Å². The fraction of sp³-hybridized carbons (Fsp3) is 0.571. The Morgan fingerprint density at radius 2 is 1.79 bits per heavy atom. The standard InChI is InChI=1S/C14H23NO3S/c1-11-7-12(2)9-13(8-11)14(15)10-19(16,17)6-4-5-18-3/h7-9,14H,4-6,10,15H2,1-3H3. The molecule has 0 heterocycles. The number of sulfone groups is 1. The van der Waals surface area contributed by atoms with E-state index in [4.69, 9.17) is 10.5 Å². The fourth-order valence-corrected chi connectivity index (χ4v) is 3.56. The summed E-state index contributed by atoms with van der Waals surface area (Å²) in [6.45, 7) is 4.42. The molecule has 0 aliphatic carbocycles. The monoisotopic (exact) mass is 285 g/mol. The second-order valence-electron chi connectivity index (χ2n) is 4.99. The predicted molar refractivity (Wildman–Crippen MR) is 78.0 cm³/mol. The first-order valence-corrected chi connectivity index (χ1v) is 8.19. The molecular formula is C14H23NO3S. The molecule has 108 valence electrons. The predicted octanol–water partition coefficient (Wildman–Crippen LogP) is 1.75. The molecule has 0 aliphatic rings. The van der Waals surface area contributed by atoms with Gasteiger partial charge in [0.15, 0.2) is 9.84 Å². The second-order valence-corrected chi connectivity index (χ2v) is 7.22. The fourth-order valence-electron chi connectivity index (χ4n) is 2.10. The average Bonchev–Trinajstić information content (AvgIpc) is 2.27. The maximum Gasteiger partial charge on any atom is 0.152 e. The van der Waals surface area contributed by atoms with Gasteiger partial charge >= 0.3 is 0 Å². The minimum atomic E-state index is -3.13. The van der Waals surface area contributed by atoms with E-state index in [9.17, 15) is 8.42 Å². The third-order valence-corrected chi connectivity index (χ3v) is 4.69. The van der Waals surface area contributed by atoms with Gasteiger partial charge in [-0.05, 0) is 25.8 Å². The van der Waals surface area contributed by atoms with E-state index in [0.29, 0.717) is 13.0 Å². The summed E-state index contributed by atoms with van der Waals surface area (Å²) in [6.07, 6.45) is 0.512. The Labute approximate surface area is 115 Å². The Morgan fingerprint density at radius 3 is 2.32 bits per heavy atom. The highest BCUT2D eigenvalue weighted by Crippen LogP contribution is 2.17. The molecule has 0 saturated heterocycles. The van der Waals surface area contributed by atoms with Crippen molar-refractivity contribution in [2.45, 2.75) is 26.3 Å². The van der Waals surface area contributed by atoms with Crippen molar-refractivity contribution in [2.75, 3.05) is 25.2 Å². The van der Waals surface area contributed by atoms with E-state index in [1.54, 1.807) is 7.11 Å². The molecule has 0 amide bonds. The Hall–Kier alpha value is -0.910. The first-order chi connectivity index (χ1) is 8.84. The zero-order chi connectivity index (χ0) is 14.5. The molecule has 0 saturated carbocycles. The third-order valence-electron chi connectivity index (χ3n) is 2.91.